The van der Waals surface area contributed by atoms with Gasteiger partial charge in [0.25, 0.3) is 0 Å². The van der Waals surface area contributed by atoms with Gasteiger partial charge >= 0.3 is 12.3 Å². The predicted molar refractivity (Wildman–Crippen MR) is 141 cm³/mol. The van der Waals surface area contributed by atoms with Crippen molar-refractivity contribution in [1.29, 1.82) is 0 Å². The summed E-state index contributed by atoms with van der Waals surface area (Å²) in [6, 6.07) is 0. The van der Waals surface area contributed by atoms with E-state index in [1.165, 1.54) is 19.1 Å². The summed E-state index contributed by atoms with van der Waals surface area (Å²) in [6.07, 6.45) is -1.38. The number of alkyl halides is 2. The Morgan fingerprint density at radius 3 is 2.29 bits per heavy atom. The minimum atomic E-state index is -2.37. The Labute approximate surface area is 238 Å². The van der Waals surface area contributed by atoms with Crippen LogP contribution in [0.5, 0.6) is 0 Å². The number of fused-ring (bicyclic) bond motifs is 5. The Hall–Kier alpha value is -2.82. The fourth-order valence-corrected chi connectivity index (χ4v) is 8.20. The van der Waals surface area contributed by atoms with Gasteiger partial charge in [-0.15, -0.1) is 0 Å². The molecule has 0 radical (unpaired) electrons. The van der Waals surface area contributed by atoms with E-state index in [2.05, 4.69) is 0 Å². The largest absolute Gasteiger partial charge is 0.509 e. The van der Waals surface area contributed by atoms with E-state index < -0.39 is 82.6 Å². The van der Waals surface area contributed by atoms with E-state index >= 15 is 8.78 Å². The molecule has 0 aromatic carbocycles. The summed E-state index contributed by atoms with van der Waals surface area (Å²) >= 11 is 0. The highest BCUT2D eigenvalue weighted by Crippen LogP contribution is 2.71. The maximum Gasteiger partial charge on any atom is 0.509 e. The molecule has 4 rings (SSSR count). The molecule has 4 aliphatic carbocycles. The van der Waals surface area contributed by atoms with Gasteiger partial charge in [-0.2, -0.15) is 0 Å². The fraction of sp³-hybridized carbons (Fsp3) is 0.733. The highest BCUT2D eigenvalue weighted by atomic mass is 19.1. The van der Waals surface area contributed by atoms with Crippen LogP contribution in [0.4, 0.5) is 18.4 Å². The van der Waals surface area contributed by atoms with Gasteiger partial charge in [-0.25, -0.2) is 18.4 Å². The second-order valence-electron chi connectivity index (χ2n) is 12.2. The molecule has 0 spiro atoms. The van der Waals surface area contributed by atoms with Gasteiger partial charge in [0.1, 0.15) is 6.17 Å². The molecule has 0 bridgehead atoms. The number of hydrogen-bond donors (Lipinski definition) is 1. The van der Waals surface area contributed by atoms with Crippen LogP contribution in [0.15, 0.2) is 23.8 Å². The van der Waals surface area contributed by atoms with E-state index in [0.717, 1.165) is 6.08 Å². The van der Waals surface area contributed by atoms with Crippen molar-refractivity contribution in [1.82, 2.24) is 0 Å². The molecule has 9 nitrogen and oxygen atoms in total. The van der Waals surface area contributed by atoms with Crippen molar-refractivity contribution in [2.75, 3.05) is 19.8 Å². The summed E-state index contributed by atoms with van der Waals surface area (Å²) in [5.74, 6) is -3.75. The average molecular weight is 583 g/mol. The first kappa shape index (κ1) is 31.1. The van der Waals surface area contributed by atoms with Gasteiger partial charge in [-0.05, 0) is 62.7 Å². The van der Waals surface area contributed by atoms with Crippen molar-refractivity contribution in [3.05, 3.63) is 23.8 Å². The maximum absolute atomic E-state index is 17.5. The zero-order valence-electron chi connectivity index (χ0n) is 24.2. The summed E-state index contributed by atoms with van der Waals surface area (Å²) in [5.41, 5.74) is -7.34. The lowest BCUT2D eigenvalue weighted by Gasteiger charge is -2.63. The third-order valence-corrected chi connectivity index (χ3v) is 10.00. The summed E-state index contributed by atoms with van der Waals surface area (Å²) in [6.45, 7) is 7.67. The number of Topliss-reactive ketones (excluding diaryl/α,β-unsaturated/α-hetero) is 1. The number of halogens is 2. The van der Waals surface area contributed by atoms with Crippen LogP contribution in [0.1, 0.15) is 66.7 Å². The number of rotatable bonds is 8. The molecule has 228 valence electrons. The van der Waals surface area contributed by atoms with E-state index in [9.17, 15) is 24.3 Å². The second-order valence-corrected chi connectivity index (χ2v) is 12.2. The first-order valence-electron chi connectivity index (χ1n) is 14.4. The lowest BCUT2D eigenvalue weighted by molar-refractivity contribution is -0.226. The van der Waals surface area contributed by atoms with Crippen LogP contribution < -0.4 is 0 Å². The van der Waals surface area contributed by atoms with Gasteiger partial charge in [-0.3, -0.25) is 9.59 Å². The third-order valence-electron chi connectivity index (χ3n) is 10.00. The van der Waals surface area contributed by atoms with Gasteiger partial charge in [0.05, 0.1) is 19.3 Å². The number of ether oxygens (including phenoxy) is 4. The molecule has 0 aromatic rings. The molecular weight excluding hydrogens is 542 g/mol. The lowest BCUT2D eigenvalue weighted by atomic mass is 9.44. The summed E-state index contributed by atoms with van der Waals surface area (Å²) in [4.78, 5) is 51.0. The van der Waals surface area contributed by atoms with Crippen LogP contribution in [0.25, 0.3) is 0 Å². The highest BCUT2D eigenvalue weighted by molar-refractivity contribution is 6.01. The fourth-order valence-electron chi connectivity index (χ4n) is 8.20. The van der Waals surface area contributed by atoms with E-state index in [1.54, 1.807) is 27.7 Å². The van der Waals surface area contributed by atoms with Gasteiger partial charge in [0.2, 0.25) is 5.78 Å². The van der Waals surface area contributed by atoms with Crippen molar-refractivity contribution in [2.24, 2.45) is 28.6 Å². The van der Waals surface area contributed by atoms with E-state index in [0.29, 0.717) is 12.8 Å². The Bertz CT molecular complexity index is 1150. The van der Waals surface area contributed by atoms with Crippen LogP contribution in [-0.4, -0.2) is 72.3 Å². The van der Waals surface area contributed by atoms with Crippen molar-refractivity contribution in [3.63, 3.8) is 0 Å². The van der Waals surface area contributed by atoms with Crippen LogP contribution in [0.3, 0.4) is 0 Å². The van der Waals surface area contributed by atoms with Crippen molar-refractivity contribution >= 4 is 23.9 Å². The number of aliphatic hydroxyl groups is 1. The Balaban J connectivity index is 1.77. The van der Waals surface area contributed by atoms with Crippen molar-refractivity contribution in [2.45, 2.75) is 90.3 Å². The molecule has 41 heavy (non-hydrogen) atoms. The van der Waals surface area contributed by atoms with E-state index in [1.807, 2.05) is 0 Å². The number of allylic oxidation sites excluding steroid dienone is 4. The quantitative estimate of drug-likeness (QED) is 0.394. The van der Waals surface area contributed by atoms with Crippen molar-refractivity contribution < 1.29 is 52.0 Å². The molecule has 4 aliphatic rings. The van der Waals surface area contributed by atoms with Gasteiger partial charge in [-0.1, -0.05) is 33.8 Å². The molecule has 9 atom stereocenters. The molecule has 0 saturated heterocycles. The smallest absolute Gasteiger partial charge is 0.434 e. The highest BCUT2D eigenvalue weighted by Gasteiger charge is 2.78. The average Bonchev–Trinajstić information content (AvgIpc) is 3.14. The molecule has 11 heteroatoms. The molecule has 0 unspecified atom stereocenters. The number of hydrogen-bond acceptors (Lipinski definition) is 9. The van der Waals surface area contributed by atoms with Gasteiger partial charge < -0.3 is 24.1 Å². The predicted octanol–water partition coefficient (Wildman–Crippen LogP) is 4.99. The monoisotopic (exact) mass is 582 g/mol. The Morgan fingerprint density at radius 1 is 1.02 bits per heavy atom. The lowest BCUT2D eigenvalue weighted by Crippen LogP contribution is -2.71. The molecule has 3 fully saturated rings. The zero-order chi connectivity index (χ0) is 30.4. The topological polar surface area (TPSA) is 125 Å². The van der Waals surface area contributed by atoms with E-state index in [4.69, 9.17) is 18.9 Å². The first-order chi connectivity index (χ1) is 19.2. The number of ketones is 2. The SMILES string of the molecule is CCCOC(=O)OCC(=O)[C@@]1(OC(=O)OCCC)[C@H](C)C[C@H]2[C@@H]3C[C@H](F)C4=CC(=O)C=C[C@]4(C)[C@@]3(F)[C@@H](O)C[C@@]21C. The molecule has 0 aliphatic heterocycles. The van der Waals surface area contributed by atoms with Crippen LogP contribution in [-0.2, 0) is 28.5 Å². The second kappa shape index (κ2) is 11.1. The van der Waals surface area contributed by atoms with Crippen LogP contribution in [0, 0.1) is 28.6 Å². The number of aliphatic hydroxyl groups excluding tert-OH is 1. The zero-order valence-corrected chi connectivity index (χ0v) is 24.2. The molecule has 0 amide bonds. The Kier molecular flexibility index (Phi) is 8.44. The number of carbonyl (C=O) groups is 4. The molecule has 3 saturated carbocycles. The third kappa shape index (κ3) is 4.58. The molecular formula is C30H40F2O9. The van der Waals surface area contributed by atoms with Crippen LogP contribution >= 0.6 is 0 Å². The van der Waals surface area contributed by atoms with Crippen molar-refractivity contribution in [3.8, 4) is 0 Å². The maximum atomic E-state index is 17.5. The summed E-state index contributed by atoms with van der Waals surface area (Å²) < 4.78 is 54.2. The minimum Gasteiger partial charge on any atom is -0.434 e. The van der Waals surface area contributed by atoms with E-state index in [-0.39, 0.29) is 38.0 Å². The first-order valence-corrected chi connectivity index (χ1v) is 14.4. The van der Waals surface area contributed by atoms with Gasteiger partial charge in [0.15, 0.2) is 23.7 Å². The standard InChI is InChI=1S/C30H40F2O9/c1-6-10-38-25(36)40-16-24(35)30(41-26(37)39-11-7-2)17(3)12-19-20-14-22(31)21-13-18(33)8-9-27(21,4)29(20,32)23(34)15-28(19,30)5/h8-9,13,17,19-20,22-23,34H,6-7,10-12,14-16H2,1-5H3/t17-,19+,20+,22+,23+,27+,28+,29+,30+/m1/s1. The summed E-state index contributed by atoms with van der Waals surface area (Å²) in [7, 11) is 0. The number of carbonyl (C=O) groups excluding carboxylic acids is 4. The van der Waals surface area contributed by atoms with Gasteiger partial charge in [0, 0.05) is 22.7 Å². The Morgan fingerprint density at radius 2 is 1.66 bits per heavy atom. The molecule has 0 aromatic heterocycles. The molecule has 1 N–H and O–H groups in total. The van der Waals surface area contributed by atoms with Crippen LogP contribution in [0.2, 0.25) is 0 Å². The minimum absolute atomic E-state index is 0.0156. The summed E-state index contributed by atoms with van der Waals surface area (Å²) in [5, 5.41) is 11.6. The normalized spacial score (nSPS) is 40.9. The molecule has 0 heterocycles.